The average Bonchev–Trinajstić information content (AvgIpc) is 2.83. The van der Waals surface area contributed by atoms with E-state index in [0.29, 0.717) is 28.5 Å². The van der Waals surface area contributed by atoms with Gasteiger partial charge < -0.3 is 4.74 Å². The summed E-state index contributed by atoms with van der Waals surface area (Å²) >= 11 is 12.4. The Balaban J connectivity index is 2.08. The van der Waals surface area contributed by atoms with Crippen molar-refractivity contribution < 1.29 is 13.5 Å². The van der Waals surface area contributed by atoms with E-state index in [-0.39, 0.29) is 0 Å². The lowest BCUT2D eigenvalue weighted by Gasteiger charge is -2.15. The van der Waals surface area contributed by atoms with Gasteiger partial charge in [0, 0.05) is 23.1 Å². The normalized spacial score (nSPS) is 14.8. The highest BCUT2D eigenvalue weighted by Gasteiger charge is 2.24. The maximum Gasteiger partial charge on any atom is 0.127 e. The first-order valence-corrected chi connectivity index (χ1v) is 6.91. The molecule has 1 unspecified atom stereocenters. The van der Waals surface area contributed by atoms with Gasteiger partial charge in [0.15, 0.2) is 0 Å². The Kier molecular flexibility index (Phi) is 3.57. The van der Waals surface area contributed by atoms with Gasteiger partial charge in [-0.3, -0.25) is 0 Å². The summed E-state index contributed by atoms with van der Waals surface area (Å²) in [6.45, 7) is 0.559. The van der Waals surface area contributed by atoms with Crippen molar-refractivity contribution in [3.8, 4) is 5.75 Å². The summed E-state index contributed by atoms with van der Waals surface area (Å²) in [5, 5.41) is -0.183. The highest BCUT2D eigenvalue weighted by Crippen LogP contribution is 2.41. The molecule has 1 aliphatic rings. The molecule has 0 saturated carbocycles. The zero-order valence-corrected chi connectivity index (χ0v) is 11.8. The van der Waals surface area contributed by atoms with Gasteiger partial charge in [0.1, 0.15) is 17.4 Å². The summed E-state index contributed by atoms with van der Waals surface area (Å²) in [5.74, 6) is -0.658. The second-order valence-corrected chi connectivity index (χ2v) is 5.52. The Labute approximate surface area is 125 Å². The quantitative estimate of drug-likeness (QED) is 0.718. The number of rotatable bonds is 2. The molecule has 1 heterocycles. The molecule has 104 valence electrons. The molecule has 0 aliphatic carbocycles. The van der Waals surface area contributed by atoms with Gasteiger partial charge >= 0.3 is 0 Å². The van der Waals surface area contributed by atoms with E-state index < -0.39 is 17.0 Å². The minimum atomic E-state index is -0.717. The number of hydrogen-bond acceptors (Lipinski definition) is 1. The van der Waals surface area contributed by atoms with E-state index in [1.165, 1.54) is 12.1 Å². The molecule has 0 amide bonds. The highest BCUT2D eigenvalue weighted by atomic mass is 35.5. The molecule has 3 rings (SSSR count). The van der Waals surface area contributed by atoms with Crippen LogP contribution in [-0.2, 0) is 6.42 Å². The Morgan fingerprint density at radius 3 is 2.45 bits per heavy atom. The fraction of sp³-hybridized carbons (Fsp3) is 0.200. The Morgan fingerprint density at radius 2 is 1.75 bits per heavy atom. The molecule has 20 heavy (non-hydrogen) atoms. The maximum atomic E-state index is 13.3. The van der Waals surface area contributed by atoms with E-state index in [1.807, 2.05) is 6.07 Å². The van der Waals surface area contributed by atoms with Crippen LogP contribution in [0, 0.1) is 11.6 Å². The van der Waals surface area contributed by atoms with Gasteiger partial charge in [-0.05, 0) is 35.4 Å². The second-order valence-electron chi connectivity index (χ2n) is 4.65. The monoisotopic (exact) mass is 314 g/mol. The Morgan fingerprint density at radius 1 is 1.05 bits per heavy atom. The van der Waals surface area contributed by atoms with Gasteiger partial charge in [0.25, 0.3) is 0 Å². The molecule has 0 saturated heterocycles. The lowest BCUT2D eigenvalue weighted by molar-refractivity contribution is 0.353. The summed E-state index contributed by atoms with van der Waals surface area (Å²) in [6.07, 6.45) is 0.754. The van der Waals surface area contributed by atoms with Crippen molar-refractivity contribution in [2.45, 2.75) is 11.8 Å². The van der Waals surface area contributed by atoms with E-state index in [9.17, 15) is 8.78 Å². The van der Waals surface area contributed by atoms with Gasteiger partial charge in [-0.25, -0.2) is 8.78 Å². The van der Waals surface area contributed by atoms with Crippen molar-refractivity contribution in [1.29, 1.82) is 0 Å². The third kappa shape index (κ3) is 2.48. The smallest absolute Gasteiger partial charge is 0.127 e. The van der Waals surface area contributed by atoms with Crippen LogP contribution in [0.5, 0.6) is 5.75 Å². The SMILES string of the molecule is Fc1cc(F)cc(C(Cl)c2cc(Cl)cc3c2OCC3)c1. The molecule has 2 aromatic rings. The van der Waals surface area contributed by atoms with Crippen molar-refractivity contribution in [2.75, 3.05) is 6.61 Å². The van der Waals surface area contributed by atoms with Gasteiger partial charge in [-0.2, -0.15) is 0 Å². The number of halogens is 4. The topological polar surface area (TPSA) is 9.23 Å². The van der Waals surface area contributed by atoms with Gasteiger partial charge in [-0.1, -0.05) is 11.6 Å². The third-order valence-corrected chi connectivity index (χ3v) is 3.93. The molecule has 0 radical (unpaired) electrons. The third-order valence-electron chi connectivity index (χ3n) is 3.23. The van der Waals surface area contributed by atoms with E-state index in [4.69, 9.17) is 27.9 Å². The van der Waals surface area contributed by atoms with Crippen LogP contribution in [0.4, 0.5) is 8.78 Å². The number of hydrogen-bond donors (Lipinski definition) is 0. The molecule has 0 fully saturated rings. The molecule has 0 aromatic heterocycles. The van der Waals surface area contributed by atoms with Crippen molar-refractivity contribution in [2.24, 2.45) is 0 Å². The average molecular weight is 315 g/mol. The first-order valence-electron chi connectivity index (χ1n) is 6.10. The molecule has 0 bridgehead atoms. The first-order chi connectivity index (χ1) is 9.54. The minimum Gasteiger partial charge on any atom is -0.493 e. The second kappa shape index (κ2) is 5.23. The van der Waals surface area contributed by atoms with Crippen LogP contribution in [0.3, 0.4) is 0 Å². The zero-order valence-electron chi connectivity index (χ0n) is 10.3. The van der Waals surface area contributed by atoms with Crippen LogP contribution in [0.25, 0.3) is 0 Å². The van der Waals surface area contributed by atoms with Crippen LogP contribution in [-0.4, -0.2) is 6.61 Å². The molecule has 5 heteroatoms. The van der Waals surface area contributed by atoms with Gasteiger partial charge in [0.2, 0.25) is 0 Å². The first kappa shape index (κ1) is 13.7. The summed E-state index contributed by atoms with van der Waals surface area (Å²) < 4.78 is 32.2. The summed E-state index contributed by atoms with van der Waals surface area (Å²) in [7, 11) is 0. The standard InChI is InChI=1S/C15H10Cl2F2O/c16-10-3-8-1-2-20-15(8)13(6-10)14(17)9-4-11(18)7-12(19)5-9/h3-7,14H,1-2H2. The van der Waals surface area contributed by atoms with Crippen molar-refractivity contribution in [3.63, 3.8) is 0 Å². The summed E-state index contributed by atoms with van der Waals surface area (Å²) in [6, 6.07) is 6.73. The zero-order chi connectivity index (χ0) is 14.3. The molecular formula is C15H10Cl2F2O. The molecule has 0 N–H and O–H groups in total. The molecule has 1 atom stereocenters. The van der Waals surface area contributed by atoms with Gasteiger partial charge in [0.05, 0.1) is 12.0 Å². The molecular weight excluding hydrogens is 305 g/mol. The Hall–Kier alpha value is -1.32. The van der Waals surface area contributed by atoms with Crippen molar-refractivity contribution in [3.05, 3.63) is 63.7 Å². The van der Waals surface area contributed by atoms with Crippen LogP contribution in [0.2, 0.25) is 5.02 Å². The fourth-order valence-electron chi connectivity index (χ4n) is 2.39. The largest absolute Gasteiger partial charge is 0.493 e. The molecule has 1 nitrogen and oxygen atoms in total. The van der Waals surface area contributed by atoms with E-state index in [1.54, 1.807) is 6.07 Å². The van der Waals surface area contributed by atoms with Crippen LogP contribution in [0.15, 0.2) is 30.3 Å². The lowest BCUT2D eigenvalue weighted by Crippen LogP contribution is -1.99. The van der Waals surface area contributed by atoms with Crippen LogP contribution in [0.1, 0.15) is 22.1 Å². The molecule has 2 aromatic carbocycles. The lowest BCUT2D eigenvalue weighted by atomic mass is 10.0. The predicted octanol–water partition coefficient (Wildman–Crippen LogP) is 4.88. The number of ether oxygens (including phenoxy) is 1. The number of fused-ring (bicyclic) bond motifs is 1. The van der Waals surface area contributed by atoms with E-state index >= 15 is 0 Å². The Bertz CT molecular complexity index is 653. The highest BCUT2D eigenvalue weighted by molar-refractivity contribution is 6.31. The van der Waals surface area contributed by atoms with Crippen LogP contribution < -0.4 is 4.74 Å². The molecule has 1 aliphatic heterocycles. The molecule has 0 spiro atoms. The van der Waals surface area contributed by atoms with E-state index in [0.717, 1.165) is 18.1 Å². The van der Waals surface area contributed by atoms with E-state index in [2.05, 4.69) is 0 Å². The van der Waals surface area contributed by atoms with Gasteiger partial charge in [-0.15, -0.1) is 11.6 Å². The predicted molar refractivity (Wildman–Crippen MR) is 74.7 cm³/mol. The van der Waals surface area contributed by atoms with Crippen molar-refractivity contribution >= 4 is 23.2 Å². The summed E-state index contributed by atoms with van der Waals surface area (Å²) in [5.41, 5.74) is 1.94. The maximum absolute atomic E-state index is 13.3. The summed E-state index contributed by atoms with van der Waals surface area (Å²) in [4.78, 5) is 0. The fourth-order valence-corrected chi connectivity index (χ4v) is 2.92. The number of benzene rings is 2. The van der Waals surface area contributed by atoms with Crippen LogP contribution >= 0.6 is 23.2 Å². The number of alkyl halides is 1. The van der Waals surface area contributed by atoms with Crippen molar-refractivity contribution in [1.82, 2.24) is 0 Å². The minimum absolute atomic E-state index is 0.337.